The van der Waals surface area contributed by atoms with Gasteiger partial charge in [-0.15, -0.1) is 10.2 Å². The number of thioether (sulfide) groups is 1. The molecule has 0 fully saturated rings. The Kier molecular flexibility index (Phi) is 6.22. The normalized spacial score (nSPS) is 11.3. The van der Waals surface area contributed by atoms with Crippen LogP contribution in [0.15, 0.2) is 62.9 Å². The van der Waals surface area contributed by atoms with E-state index in [2.05, 4.69) is 10.2 Å². The fraction of sp³-hybridized carbons (Fsp3) is 0.227. The van der Waals surface area contributed by atoms with Crippen molar-refractivity contribution in [3.63, 3.8) is 0 Å². The second-order valence-corrected chi connectivity index (χ2v) is 8.22. The van der Waals surface area contributed by atoms with Gasteiger partial charge in [-0.2, -0.15) is 0 Å². The van der Waals surface area contributed by atoms with Crippen molar-refractivity contribution >= 4 is 34.3 Å². The van der Waals surface area contributed by atoms with Crippen molar-refractivity contribution in [3.8, 4) is 11.4 Å². The maximum absolute atomic E-state index is 12.0. The molecule has 0 saturated heterocycles. The molecule has 2 aromatic carbocycles. The van der Waals surface area contributed by atoms with Crippen LogP contribution >= 0.6 is 23.4 Å². The molecule has 0 atom stereocenters. The van der Waals surface area contributed by atoms with Crippen LogP contribution in [-0.4, -0.2) is 28.5 Å². The molecule has 4 rings (SSSR count). The zero-order valence-corrected chi connectivity index (χ0v) is 18.2. The fourth-order valence-corrected chi connectivity index (χ4v) is 4.27. The zero-order chi connectivity index (χ0) is 21.1. The van der Waals surface area contributed by atoms with E-state index < -0.39 is 0 Å². The highest BCUT2D eigenvalue weighted by Crippen LogP contribution is 2.29. The minimum Gasteiger partial charge on any atom is -0.423 e. The maximum atomic E-state index is 12.0. The quantitative estimate of drug-likeness (QED) is 0.298. The topological polar surface area (TPSA) is 70.2 Å². The first kappa shape index (κ1) is 20.7. The molecule has 0 unspecified atom stereocenters. The molecule has 0 spiro atoms. The predicted molar refractivity (Wildman–Crippen MR) is 119 cm³/mol. The first-order valence-corrected chi connectivity index (χ1v) is 10.8. The lowest BCUT2D eigenvalue weighted by atomic mass is 10.1. The van der Waals surface area contributed by atoms with Crippen LogP contribution < -0.4 is 5.63 Å². The van der Waals surface area contributed by atoms with Crippen LogP contribution in [0, 0.1) is 6.92 Å². The number of nitrogens with zero attached hydrogens (tertiary/aromatic N) is 3. The number of benzene rings is 2. The highest BCUT2D eigenvalue weighted by Gasteiger charge is 2.15. The Labute approximate surface area is 182 Å². The lowest BCUT2D eigenvalue weighted by molar-refractivity contribution is 0.185. The summed E-state index contributed by atoms with van der Waals surface area (Å²) in [5.41, 5.74) is 3.12. The first-order valence-electron chi connectivity index (χ1n) is 9.39. The second kappa shape index (κ2) is 9.04. The van der Waals surface area contributed by atoms with Crippen LogP contribution in [-0.2, 0) is 17.0 Å². The van der Waals surface area contributed by atoms with Crippen molar-refractivity contribution in [1.82, 2.24) is 14.8 Å². The average molecular weight is 442 g/mol. The van der Waals surface area contributed by atoms with Gasteiger partial charge in [0.15, 0.2) is 11.0 Å². The standard InChI is InChI=1S/C22H20ClN3O3S/c1-14-3-8-18-16(12-20(27)29-19(18)11-14)13-30-22-25-24-21(26(22)9-10-28-2)15-4-6-17(23)7-5-15/h3-8,11-12H,9-10,13H2,1-2H3. The molecule has 2 aromatic heterocycles. The minimum absolute atomic E-state index is 0.355. The monoisotopic (exact) mass is 441 g/mol. The second-order valence-electron chi connectivity index (χ2n) is 6.84. The number of methoxy groups -OCH3 is 1. The number of halogens is 1. The molecule has 0 aliphatic heterocycles. The molecular formula is C22H20ClN3O3S. The summed E-state index contributed by atoms with van der Waals surface area (Å²) in [6, 6.07) is 14.9. The zero-order valence-electron chi connectivity index (χ0n) is 16.6. The molecule has 0 aliphatic carbocycles. The number of rotatable bonds is 7. The van der Waals surface area contributed by atoms with E-state index in [1.807, 2.05) is 54.0 Å². The Balaban J connectivity index is 1.66. The van der Waals surface area contributed by atoms with Gasteiger partial charge in [0, 0.05) is 34.9 Å². The Bertz CT molecular complexity index is 1230. The molecule has 0 amide bonds. The average Bonchev–Trinajstić information content (AvgIpc) is 3.13. The Morgan fingerprint density at radius 2 is 1.93 bits per heavy atom. The van der Waals surface area contributed by atoms with Crippen molar-refractivity contribution in [3.05, 3.63) is 75.1 Å². The summed E-state index contributed by atoms with van der Waals surface area (Å²) in [5, 5.41) is 11.1. The summed E-state index contributed by atoms with van der Waals surface area (Å²) >= 11 is 7.54. The SMILES string of the molecule is COCCn1c(SCc2cc(=O)oc3cc(C)ccc23)nnc1-c1ccc(Cl)cc1. The number of ether oxygens (including phenoxy) is 1. The fourth-order valence-electron chi connectivity index (χ4n) is 3.19. The van der Waals surface area contributed by atoms with E-state index in [1.165, 1.54) is 11.8 Å². The van der Waals surface area contributed by atoms with Crippen LogP contribution in [0.2, 0.25) is 5.02 Å². The third kappa shape index (κ3) is 4.43. The smallest absolute Gasteiger partial charge is 0.336 e. The van der Waals surface area contributed by atoms with Crippen molar-refractivity contribution in [2.45, 2.75) is 24.4 Å². The van der Waals surface area contributed by atoms with Crippen molar-refractivity contribution in [1.29, 1.82) is 0 Å². The molecule has 154 valence electrons. The molecule has 0 bridgehead atoms. The summed E-state index contributed by atoms with van der Waals surface area (Å²) in [6.07, 6.45) is 0. The summed E-state index contributed by atoms with van der Waals surface area (Å²) in [4.78, 5) is 12.0. The largest absolute Gasteiger partial charge is 0.423 e. The highest BCUT2D eigenvalue weighted by atomic mass is 35.5. The van der Waals surface area contributed by atoms with Gasteiger partial charge in [-0.25, -0.2) is 4.79 Å². The van der Waals surface area contributed by atoms with Gasteiger partial charge in [0.25, 0.3) is 0 Å². The van der Waals surface area contributed by atoms with Crippen LogP contribution in [0.5, 0.6) is 0 Å². The highest BCUT2D eigenvalue weighted by molar-refractivity contribution is 7.98. The summed E-state index contributed by atoms with van der Waals surface area (Å²) in [7, 11) is 1.66. The van der Waals surface area contributed by atoms with Gasteiger partial charge in [0.2, 0.25) is 0 Å². The molecule has 30 heavy (non-hydrogen) atoms. The number of aryl methyl sites for hydroxylation is 1. The Morgan fingerprint density at radius 3 is 2.70 bits per heavy atom. The Hall–Kier alpha value is -2.61. The lowest BCUT2D eigenvalue weighted by Gasteiger charge is -2.10. The third-order valence-electron chi connectivity index (χ3n) is 4.68. The predicted octanol–water partition coefficient (Wildman–Crippen LogP) is 4.95. The summed E-state index contributed by atoms with van der Waals surface area (Å²) in [5.74, 6) is 1.32. The van der Waals surface area contributed by atoms with Crippen molar-refractivity contribution < 1.29 is 9.15 Å². The molecule has 6 nitrogen and oxygen atoms in total. The summed E-state index contributed by atoms with van der Waals surface area (Å²) < 4.78 is 12.6. The molecule has 8 heteroatoms. The number of hydrogen-bond donors (Lipinski definition) is 0. The molecule has 2 heterocycles. The third-order valence-corrected chi connectivity index (χ3v) is 5.95. The van der Waals surface area contributed by atoms with E-state index in [1.54, 1.807) is 13.2 Å². The van der Waals surface area contributed by atoms with Crippen LogP contribution in [0.3, 0.4) is 0 Å². The van der Waals surface area contributed by atoms with Gasteiger partial charge in [-0.3, -0.25) is 4.57 Å². The summed E-state index contributed by atoms with van der Waals surface area (Å²) in [6.45, 7) is 3.11. The van der Waals surface area contributed by atoms with Crippen LogP contribution in [0.25, 0.3) is 22.4 Å². The molecule has 0 radical (unpaired) electrons. The molecule has 0 N–H and O–H groups in total. The van der Waals surface area contributed by atoms with E-state index in [0.717, 1.165) is 33.1 Å². The van der Waals surface area contributed by atoms with Crippen LogP contribution in [0.1, 0.15) is 11.1 Å². The number of aromatic nitrogens is 3. The van der Waals surface area contributed by atoms with Crippen molar-refractivity contribution in [2.75, 3.05) is 13.7 Å². The van der Waals surface area contributed by atoms with Gasteiger partial charge in [0.1, 0.15) is 5.58 Å². The van der Waals surface area contributed by atoms with Gasteiger partial charge >= 0.3 is 5.63 Å². The van der Waals surface area contributed by atoms with Gasteiger partial charge < -0.3 is 9.15 Å². The first-order chi connectivity index (χ1) is 14.5. The molecule has 0 saturated carbocycles. The van der Waals surface area contributed by atoms with Gasteiger partial charge in [-0.1, -0.05) is 35.5 Å². The molecule has 4 aromatic rings. The van der Waals surface area contributed by atoms with E-state index in [4.69, 9.17) is 20.8 Å². The minimum atomic E-state index is -0.355. The molecule has 0 aliphatic rings. The van der Waals surface area contributed by atoms with Gasteiger partial charge in [0.05, 0.1) is 13.2 Å². The van der Waals surface area contributed by atoms with E-state index >= 15 is 0 Å². The molecular weight excluding hydrogens is 422 g/mol. The lowest BCUT2D eigenvalue weighted by Crippen LogP contribution is -2.08. The van der Waals surface area contributed by atoms with E-state index in [0.29, 0.717) is 29.5 Å². The maximum Gasteiger partial charge on any atom is 0.336 e. The number of fused-ring (bicyclic) bond motifs is 1. The number of hydrogen-bond acceptors (Lipinski definition) is 6. The van der Waals surface area contributed by atoms with Gasteiger partial charge in [-0.05, 0) is 48.4 Å². The van der Waals surface area contributed by atoms with Crippen LogP contribution in [0.4, 0.5) is 0 Å². The Morgan fingerprint density at radius 1 is 1.13 bits per heavy atom. The van der Waals surface area contributed by atoms with E-state index in [-0.39, 0.29) is 5.63 Å². The van der Waals surface area contributed by atoms with E-state index in [9.17, 15) is 4.79 Å². The van der Waals surface area contributed by atoms with Crippen molar-refractivity contribution in [2.24, 2.45) is 0 Å².